The molecule has 49 heavy (non-hydrogen) atoms. The predicted octanol–water partition coefficient (Wildman–Crippen LogP) is -1.92. The molecular weight excluding hydrogens is 644 g/mol. The Morgan fingerprint density at radius 2 is 1.39 bits per heavy atom. The third-order valence-corrected chi connectivity index (χ3v) is 8.81. The number of unbranched alkanes of at least 4 members (excludes halogenated alkanes) is 1. The molecule has 17 heteroatoms. The minimum atomic E-state index is -1.73. The number of phenols is 1. The van der Waals surface area contributed by atoms with Gasteiger partial charge in [-0.15, -0.1) is 0 Å². The lowest BCUT2D eigenvalue weighted by Crippen LogP contribution is -2.57. The highest BCUT2D eigenvalue weighted by Crippen LogP contribution is 2.25. The molecule has 10 N–H and O–H groups in total. The van der Waals surface area contributed by atoms with E-state index in [4.69, 9.17) is 16.6 Å². The molecule has 1 aromatic rings. The van der Waals surface area contributed by atoms with Crippen LogP contribution in [0.15, 0.2) is 24.3 Å². The van der Waals surface area contributed by atoms with Gasteiger partial charge in [-0.05, 0) is 69.2 Å². The number of amides is 4. The highest BCUT2D eigenvalue weighted by atomic mass is 16.4. The fourth-order valence-electron chi connectivity index (χ4n) is 6.23. The van der Waals surface area contributed by atoms with Gasteiger partial charge in [0.1, 0.15) is 29.9 Å². The largest absolute Gasteiger partial charge is 0.508 e. The van der Waals surface area contributed by atoms with Crippen LogP contribution >= 0.6 is 0 Å². The number of carboxylic acids is 2. The van der Waals surface area contributed by atoms with Crippen LogP contribution in [0.2, 0.25) is 0 Å². The Kier molecular flexibility index (Phi) is 14.5. The van der Waals surface area contributed by atoms with E-state index in [1.807, 2.05) is 0 Å². The summed E-state index contributed by atoms with van der Waals surface area (Å²) in [7, 11) is 0. The van der Waals surface area contributed by atoms with Gasteiger partial charge in [-0.1, -0.05) is 18.6 Å². The van der Waals surface area contributed by atoms with Gasteiger partial charge in [-0.3, -0.25) is 28.8 Å². The van der Waals surface area contributed by atoms with Gasteiger partial charge in [0.05, 0.1) is 25.0 Å². The van der Waals surface area contributed by atoms with Gasteiger partial charge in [-0.25, -0.2) is 4.79 Å². The number of nitrogens with zero attached hydrogens (tertiary/aromatic N) is 2. The number of aliphatic hydroxyl groups excluding tert-OH is 1. The number of hydrogen-bond donors (Lipinski definition) is 8. The number of likely N-dealkylation sites (tertiary alicyclic amines) is 2. The maximum atomic E-state index is 13.8. The molecule has 0 radical (unpaired) electrons. The molecule has 270 valence electrons. The molecule has 0 bridgehead atoms. The molecule has 2 heterocycles. The van der Waals surface area contributed by atoms with Crippen LogP contribution in [0.1, 0.15) is 56.9 Å². The van der Waals surface area contributed by atoms with Gasteiger partial charge in [0.25, 0.3) is 0 Å². The average molecular weight is 691 g/mol. The Labute approximate surface area is 283 Å². The molecule has 2 fully saturated rings. The number of aromatic hydroxyl groups is 1. The van der Waals surface area contributed by atoms with Crippen LogP contribution < -0.4 is 22.1 Å². The van der Waals surface area contributed by atoms with E-state index in [1.54, 1.807) is 12.1 Å². The summed E-state index contributed by atoms with van der Waals surface area (Å²) in [5.41, 5.74) is 12.5. The second kappa shape index (κ2) is 18.2. The summed E-state index contributed by atoms with van der Waals surface area (Å²) in [6.07, 6.45) is 1.30. The molecule has 2 aliphatic heterocycles. The van der Waals surface area contributed by atoms with Crippen molar-refractivity contribution in [2.24, 2.45) is 17.4 Å². The Morgan fingerprint density at radius 3 is 1.90 bits per heavy atom. The van der Waals surface area contributed by atoms with Crippen molar-refractivity contribution in [3.8, 4) is 5.75 Å². The molecule has 1 aromatic carbocycles. The van der Waals surface area contributed by atoms with Gasteiger partial charge >= 0.3 is 11.9 Å². The number of aliphatic carboxylic acids is 2. The molecule has 2 aliphatic rings. The number of carbonyl (C=O) groups excluding carboxylic acids is 5. The second-order valence-corrected chi connectivity index (χ2v) is 12.3. The van der Waals surface area contributed by atoms with Gasteiger partial charge in [-0.2, -0.15) is 0 Å². The molecule has 0 unspecified atom stereocenters. The van der Waals surface area contributed by atoms with Gasteiger partial charge in [0.2, 0.25) is 23.6 Å². The topological polar surface area (TPSA) is 283 Å². The second-order valence-electron chi connectivity index (χ2n) is 12.3. The molecule has 2 saturated heterocycles. The normalized spacial score (nSPS) is 19.8. The van der Waals surface area contributed by atoms with Crippen LogP contribution in [0.4, 0.5) is 0 Å². The van der Waals surface area contributed by atoms with Crippen molar-refractivity contribution < 1.29 is 54.0 Å². The fraction of sp³-hybridized carbons (Fsp3) is 0.594. The van der Waals surface area contributed by atoms with Crippen LogP contribution in [0.5, 0.6) is 5.75 Å². The van der Waals surface area contributed by atoms with E-state index < -0.39 is 90.5 Å². The molecule has 0 aliphatic carbocycles. The van der Waals surface area contributed by atoms with Crippen molar-refractivity contribution in [3.63, 3.8) is 0 Å². The third-order valence-electron chi connectivity index (χ3n) is 8.81. The lowest BCUT2D eigenvalue weighted by Gasteiger charge is -2.31. The van der Waals surface area contributed by atoms with Crippen LogP contribution in [-0.2, 0) is 40.0 Å². The van der Waals surface area contributed by atoms with E-state index in [2.05, 4.69) is 10.6 Å². The van der Waals surface area contributed by atoms with E-state index in [-0.39, 0.29) is 51.1 Å². The maximum Gasteiger partial charge on any atom is 0.326 e. The van der Waals surface area contributed by atoms with Crippen LogP contribution in [0.3, 0.4) is 0 Å². The number of benzene rings is 1. The lowest BCUT2D eigenvalue weighted by molar-refractivity contribution is -0.150. The van der Waals surface area contributed by atoms with Crippen molar-refractivity contribution in [1.29, 1.82) is 0 Å². The van der Waals surface area contributed by atoms with Crippen molar-refractivity contribution in [2.45, 2.75) is 88.0 Å². The van der Waals surface area contributed by atoms with Crippen LogP contribution in [-0.4, -0.2) is 128 Å². The average Bonchev–Trinajstić information content (AvgIpc) is 3.76. The van der Waals surface area contributed by atoms with Gasteiger partial charge in [0, 0.05) is 13.1 Å². The number of rotatable bonds is 18. The molecule has 3 rings (SSSR count). The number of Topliss-reactive ketones (excluding diaryl/α,β-unsaturated/α-hetero) is 1. The summed E-state index contributed by atoms with van der Waals surface area (Å²) in [6, 6.07) is -0.204. The minimum Gasteiger partial charge on any atom is -0.508 e. The zero-order chi connectivity index (χ0) is 36.2. The van der Waals surface area contributed by atoms with E-state index in [0.717, 1.165) is 4.90 Å². The predicted molar refractivity (Wildman–Crippen MR) is 171 cm³/mol. The van der Waals surface area contributed by atoms with Crippen LogP contribution in [0.25, 0.3) is 0 Å². The highest BCUT2D eigenvalue weighted by Gasteiger charge is 2.43. The smallest absolute Gasteiger partial charge is 0.326 e. The molecule has 0 spiro atoms. The first-order valence-electron chi connectivity index (χ1n) is 16.3. The maximum absolute atomic E-state index is 13.8. The summed E-state index contributed by atoms with van der Waals surface area (Å²) in [6.45, 7) is -0.282. The summed E-state index contributed by atoms with van der Waals surface area (Å²) in [5, 5.41) is 42.7. The fourth-order valence-corrected chi connectivity index (χ4v) is 6.23. The minimum absolute atomic E-state index is 0.0109. The molecule has 6 atom stereocenters. The van der Waals surface area contributed by atoms with Crippen LogP contribution in [0, 0.1) is 5.92 Å². The number of nitrogens with one attached hydrogen (secondary N) is 2. The van der Waals surface area contributed by atoms with Gasteiger partial charge in [0.15, 0.2) is 5.78 Å². The number of phenolic OH excluding ortho intramolecular Hbond substituents is 1. The first kappa shape index (κ1) is 38.8. The first-order chi connectivity index (χ1) is 23.3. The van der Waals surface area contributed by atoms with Crippen molar-refractivity contribution >= 4 is 41.4 Å². The highest BCUT2D eigenvalue weighted by molar-refractivity contribution is 6.06. The number of nitrogens with two attached hydrogens (primary N) is 2. The van der Waals surface area contributed by atoms with Gasteiger partial charge < -0.3 is 52.3 Å². The lowest BCUT2D eigenvalue weighted by atomic mass is 9.90. The molecule has 0 aromatic heterocycles. The zero-order valence-corrected chi connectivity index (χ0v) is 27.2. The molecule has 4 amide bonds. The number of ketones is 1. The number of hydrogen-bond acceptors (Lipinski definition) is 11. The zero-order valence-electron chi connectivity index (χ0n) is 27.2. The third kappa shape index (κ3) is 10.4. The van der Waals surface area contributed by atoms with Crippen molar-refractivity contribution in [3.05, 3.63) is 29.8 Å². The van der Waals surface area contributed by atoms with E-state index in [0.29, 0.717) is 31.2 Å². The monoisotopic (exact) mass is 690 g/mol. The summed E-state index contributed by atoms with van der Waals surface area (Å²) in [4.78, 5) is 92.5. The Morgan fingerprint density at radius 1 is 0.837 bits per heavy atom. The van der Waals surface area contributed by atoms with Crippen molar-refractivity contribution in [1.82, 2.24) is 20.4 Å². The summed E-state index contributed by atoms with van der Waals surface area (Å²) in [5.74, 6) is -7.99. The van der Waals surface area contributed by atoms with E-state index in [1.165, 1.54) is 17.0 Å². The summed E-state index contributed by atoms with van der Waals surface area (Å²) < 4.78 is 0. The van der Waals surface area contributed by atoms with E-state index >= 15 is 0 Å². The van der Waals surface area contributed by atoms with E-state index in [9.17, 15) is 48.9 Å². The number of aliphatic hydroxyl groups is 1. The number of carboxylic acid groups (broad SMARTS) is 2. The quantitative estimate of drug-likeness (QED) is 0.0617. The molecular formula is C32H46N6O11. The molecule has 0 saturated carbocycles. The summed E-state index contributed by atoms with van der Waals surface area (Å²) >= 11 is 0. The Balaban J connectivity index is 1.73. The molecule has 17 nitrogen and oxygen atoms in total. The first-order valence-corrected chi connectivity index (χ1v) is 16.3. The SMILES string of the molecule is NCCCC[C@H](C(=O)[C@H](CO)NC(=O)[C@@H]1CCCN1C(=O)[C@@H](N)Cc1ccc(O)cc1)C(=O)N1CCC[C@H]1C(=O)N[C@H](CC(=O)O)C(=O)O. The Hall–Kier alpha value is -4.61. The van der Waals surface area contributed by atoms with Crippen molar-refractivity contribution in [2.75, 3.05) is 26.2 Å². The standard InChI is InChI=1S/C32H46N6O11/c33-12-2-1-5-20(30(46)37-13-3-6-24(37)28(44)35-22(32(48)49)16-26(41)42)27(43)23(17-39)36-29(45)25-7-4-14-38(25)31(47)21(34)15-18-8-10-19(40)11-9-18/h8-11,20-25,39-40H,1-7,12-17,33-34H2,(H,35,44)(H,36,45)(H,41,42)(H,48,49)/t20-,21+,22-,23+,24+,25+/m1/s1. The Bertz CT molecular complexity index is 1370. The number of carbonyl (C=O) groups is 7.